The van der Waals surface area contributed by atoms with Crippen molar-refractivity contribution < 1.29 is 28.9 Å². The largest absolute Gasteiger partial charge is 0.493 e. The minimum Gasteiger partial charge on any atom is -0.493 e. The molecular weight excluding hydrogens is 372 g/mol. The lowest BCUT2D eigenvalue weighted by Gasteiger charge is -2.31. The van der Waals surface area contributed by atoms with E-state index < -0.39 is 0 Å². The van der Waals surface area contributed by atoms with Crippen molar-refractivity contribution >= 4 is 23.3 Å². The maximum absolute atomic E-state index is 13.1. The zero-order valence-electron chi connectivity index (χ0n) is 16.7. The molecule has 8 heteroatoms. The number of carbonyl (C=O) groups excluding carboxylic acids is 2. The quantitative estimate of drug-likeness (QED) is 0.691. The number of benzene rings is 1. The Hall–Kier alpha value is -3.13. The molecule has 0 spiro atoms. The zero-order chi connectivity index (χ0) is 20.4. The summed E-state index contributed by atoms with van der Waals surface area (Å²) < 4.78 is 10.6. The number of pyridine rings is 1. The molecular formula is C21H26N4O4+2. The van der Waals surface area contributed by atoms with Crippen LogP contribution in [0.25, 0.3) is 0 Å². The number of rotatable bonds is 5. The number of anilines is 2. The minimum absolute atomic E-state index is 0.142. The Morgan fingerprint density at radius 1 is 1.03 bits per heavy atom. The highest BCUT2D eigenvalue weighted by Gasteiger charge is 2.47. The summed E-state index contributed by atoms with van der Waals surface area (Å²) in [6.07, 6.45) is 2.15. The molecule has 3 heterocycles. The molecule has 0 bridgehead atoms. The fraction of sp³-hybridized carbons (Fsp3) is 0.381. The summed E-state index contributed by atoms with van der Waals surface area (Å²) in [6, 6.07) is 10.8. The van der Waals surface area contributed by atoms with Crippen LogP contribution in [0.3, 0.4) is 0 Å². The molecule has 4 rings (SSSR count). The first-order valence-corrected chi connectivity index (χ1v) is 9.77. The van der Waals surface area contributed by atoms with Gasteiger partial charge in [-0.05, 0) is 18.2 Å². The van der Waals surface area contributed by atoms with Crippen LogP contribution >= 0.6 is 0 Å². The molecule has 2 aliphatic rings. The molecule has 0 unspecified atom stereocenters. The predicted molar refractivity (Wildman–Crippen MR) is 106 cm³/mol. The maximum Gasteiger partial charge on any atom is 0.292 e. The smallest absolute Gasteiger partial charge is 0.292 e. The van der Waals surface area contributed by atoms with Gasteiger partial charge in [0.2, 0.25) is 5.91 Å². The SMILES string of the molecule is COc1ccc(N2C(=O)C[C@@H]([NH+]3CCN(c4cccc[nH+]4)CC3)C2=O)cc1OC. The van der Waals surface area contributed by atoms with Crippen molar-refractivity contribution in [1.29, 1.82) is 0 Å². The van der Waals surface area contributed by atoms with Gasteiger partial charge in [-0.1, -0.05) is 6.07 Å². The van der Waals surface area contributed by atoms with E-state index in [2.05, 4.69) is 9.88 Å². The Labute approximate surface area is 169 Å². The van der Waals surface area contributed by atoms with Gasteiger partial charge in [0.25, 0.3) is 11.7 Å². The third-order valence-corrected chi connectivity index (χ3v) is 5.70. The number of hydrogen-bond donors (Lipinski definition) is 1. The summed E-state index contributed by atoms with van der Waals surface area (Å²) in [6.45, 7) is 3.30. The number of amides is 2. The Kier molecular flexibility index (Phi) is 5.35. The average molecular weight is 398 g/mol. The van der Waals surface area contributed by atoms with Crippen molar-refractivity contribution in [2.45, 2.75) is 12.5 Å². The van der Waals surface area contributed by atoms with E-state index in [0.29, 0.717) is 17.2 Å². The van der Waals surface area contributed by atoms with Crippen LogP contribution in [0.4, 0.5) is 11.5 Å². The van der Waals surface area contributed by atoms with Crippen molar-refractivity contribution in [2.75, 3.05) is 50.2 Å². The first-order valence-electron chi connectivity index (χ1n) is 9.77. The highest BCUT2D eigenvalue weighted by atomic mass is 16.5. The number of piperazine rings is 1. The molecule has 2 N–H and O–H groups in total. The second kappa shape index (κ2) is 8.08. The monoisotopic (exact) mass is 398 g/mol. The third-order valence-electron chi connectivity index (χ3n) is 5.70. The highest BCUT2D eigenvalue weighted by Crippen LogP contribution is 2.33. The predicted octanol–water partition coefficient (Wildman–Crippen LogP) is -0.445. The van der Waals surface area contributed by atoms with E-state index >= 15 is 0 Å². The van der Waals surface area contributed by atoms with Crippen LogP contribution in [-0.4, -0.2) is 58.3 Å². The lowest BCUT2D eigenvalue weighted by molar-refractivity contribution is -0.915. The number of imide groups is 1. The molecule has 0 saturated carbocycles. The van der Waals surface area contributed by atoms with Gasteiger partial charge in [-0.2, -0.15) is 0 Å². The number of nitrogens with zero attached hydrogens (tertiary/aromatic N) is 2. The van der Waals surface area contributed by atoms with Gasteiger partial charge in [-0.25, -0.2) is 9.88 Å². The standard InChI is InChI=1S/C21H24N4O4/c1-28-17-7-6-15(13-18(17)29-2)25-20(26)14-16(21(25)27)23-9-11-24(12-10-23)19-5-3-4-8-22-19/h3-8,13,16H,9-12,14H2,1-2H3/p+2/t16-/m1/s1. The molecule has 2 saturated heterocycles. The number of H-pyrrole nitrogens is 1. The van der Waals surface area contributed by atoms with Gasteiger partial charge in [0, 0.05) is 12.1 Å². The number of methoxy groups -OCH3 is 2. The van der Waals surface area contributed by atoms with Crippen molar-refractivity contribution in [3.63, 3.8) is 0 Å². The third kappa shape index (κ3) is 3.63. The Morgan fingerprint density at radius 3 is 2.45 bits per heavy atom. The highest BCUT2D eigenvalue weighted by molar-refractivity contribution is 6.22. The zero-order valence-corrected chi connectivity index (χ0v) is 16.7. The summed E-state index contributed by atoms with van der Waals surface area (Å²) in [5.41, 5.74) is 0.525. The summed E-state index contributed by atoms with van der Waals surface area (Å²) >= 11 is 0. The van der Waals surface area contributed by atoms with E-state index in [9.17, 15) is 9.59 Å². The van der Waals surface area contributed by atoms with Gasteiger partial charge in [0.15, 0.2) is 17.5 Å². The van der Waals surface area contributed by atoms with E-state index in [0.717, 1.165) is 32.0 Å². The van der Waals surface area contributed by atoms with Gasteiger partial charge >= 0.3 is 0 Å². The van der Waals surface area contributed by atoms with Gasteiger partial charge in [-0.15, -0.1) is 0 Å². The molecule has 8 nitrogen and oxygen atoms in total. The van der Waals surface area contributed by atoms with Crippen LogP contribution in [0.15, 0.2) is 42.6 Å². The Morgan fingerprint density at radius 2 is 1.79 bits per heavy atom. The number of carbonyl (C=O) groups is 2. The first kappa shape index (κ1) is 19.2. The molecule has 2 amide bonds. The molecule has 29 heavy (non-hydrogen) atoms. The normalized spacial score (nSPS) is 20.3. The molecule has 0 aliphatic carbocycles. The van der Waals surface area contributed by atoms with Crippen molar-refractivity contribution in [3.05, 3.63) is 42.6 Å². The summed E-state index contributed by atoms with van der Waals surface area (Å²) in [7, 11) is 3.09. The number of aromatic nitrogens is 1. The van der Waals surface area contributed by atoms with Crippen LogP contribution in [0.1, 0.15) is 6.42 Å². The van der Waals surface area contributed by atoms with E-state index in [4.69, 9.17) is 9.47 Å². The number of hydrogen-bond acceptors (Lipinski definition) is 5. The molecule has 1 atom stereocenters. The molecule has 2 aromatic rings. The number of aromatic amines is 1. The molecule has 1 aromatic carbocycles. The van der Waals surface area contributed by atoms with Gasteiger partial charge < -0.3 is 14.4 Å². The molecule has 2 aliphatic heterocycles. The number of ether oxygens (including phenoxy) is 2. The number of nitrogens with one attached hydrogen (secondary N) is 2. The summed E-state index contributed by atoms with van der Waals surface area (Å²) in [5.74, 6) is 1.82. The van der Waals surface area contributed by atoms with Crippen LogP contribution in [0.2, 0.25) is 0 Å². The van der Waals surface area contributed by atoms with E-state index in [1.54, 1.807) is 25.3 Å². The lowest BCUT2D eigenvalue weighted by atomic mass is 10.1. The van der Waals surface area contributed by atoms with Crippen LogP contribution in [-0.2, 0) is 9.59 Å². The van der Waals surface area contributed by atoms with Gasteiger partial charge in [-0.3, -0.25) is 14.5 Å². The topological polar surface area (TPSA) is 77.7 Å². The van der Waals surface area contributed by atoms with Crippen molar-refractivity contribution in [1.82, 2.24) is 0 Å². The van der Waals surface area contributed by atoms with Gasteiger partial charge in [0.05, 0.1) is 32.5 Å². The fourth-order valence-corrected chi connectivity index (χ4v) is 4.15. The van der Waals surface area contributed by atoms with Crippen LogP contribution < -0.4 is 29.2 Å². The van der Waals surface area contributed by atoms with Crippen molar-refractivity contribution in [2.24, 2.45) is 0 Å². The Balaban J connectivity index is 1.46. The number of quaternary nitrogens is 1. The summed E-state index contributed by atoms with van der Waals surface area (Å²) in [4.78, 5) is 33.8. The van der Waals surface area contributed by atoms with E-state index in [-0.39, 0.29) is 24.3 Å². The average Bonchev–Trinajstić information content (AvgIpc) is 3.07. The van der Waals surface area contributed by atoms with E-state index in [1.807, 2.05) is 24.4 Å². The van der Waals surface area contributed by atoms with Crippen LogP contribution in [0.5, 0.6) is 11.5 Å². The van der Waals surface area contributed by atoms with Crippen LogP contribution in [0, 0.1) is 0 Å². The maximum atomic E-state index is 13.1. The molecule has 152 valence electrons. The molecule has 2 fully saturated rings. The van der Waals surface area contributed by atoms with Gasteiger partial charge in [0.1, 0.15) is 26.2 Å². The first-order chi connectivity index (χ1) is 14.1. The lowest BCUT2D eigenvalue weighted by Crippen LogP contribution is -3.19. The molecule has 0 radical (unpaired) electrons. The molecule has 1 aromatic heterocycles. The van der Waals surface area contributed by atoms with Crippen molar-refractivity contribution in [3.8, 4) is 11.5 Å². The Bertz CT molecular complexity index is 897. The van der Waals surface area contributed by atoms with E-state index in [1.165, 1.54) is 16.9 Å². The fourth-order valence-electron chi connectivity index (χ4n) is 4.15. The second-order valence-electron chi connectivity index (χ2n) is 7.26. The summed E-state index contributed by atoms with van der Waals surface area (Å²) in [5, 5.41) is 0. The second-order valence-corrected chi connectivity index (χ2v) is 7.26. The minimum atomic E-state index is -0.336.